The van der Waals surface area contributed by atoms with Crippen molar-refractivity contribution in [3.05, 3.63) is 24.3 Å². The van der Waals surface area contributed by atoms with E-state index in [9.17, 15) is 13.2 Å². The Morgan fingerprint density at radius 2 is 1.74 bits per heavy atom. The zero-order valence-electron chi connectivity index (χ0n) is 13.2. The van der Waals surface area contributed by atoms with Gasteiger partial charge in [-0.3, -0.25) is 9.52 Å². The molecule has 1 fully saturated rings. The van der Waals surface area contributed by atoms with Crippen molar-refractivity contribution in [3.8, 4) is 0 Å². The van der Waals surface area contributed by atoms with Crippen LogP contribution >= 0.6 is 12.4 Å². The molecule has 1 aliphatic heterocycles. The fraction of sp³-hybridized carbons (Fsp3) is 0.533. The average molecular weight is 362 g/mol. The number of carbonyl (C=O) groups is 1. The minimum Gasteiger partial charge on any atom is -0.326 e. The van der Waals surface area contributed by atoms with Crippen LogP contribution in [0.25, 0.3) is 0 Å². The second kappa shape index (κ2) is 9.10. The van der Waals surface area contributed by atoms with E-state index in [0.29, 0.717) is 23.7 Å². The van der Waals surface area contributed by atoms with E-state index in [0.717, 1.165) is 25.9 Å². The predicted molar refractivity (Wildman–Crippen MR) is 95.6 cm³/mol. The van der Waals surface area contributed by atoms with Crippen molar-refractivity contribution in [3.63, 3.8) is 0 Å². The maximum Gasteiger partial charge on any atom is 0.232 e. The third kappa shape index (κ3) is 6.76. The van der Waals surface area contributed by atoms with Crippen LogP contribution in [0.2, 0.25) is 0 Å². The van der Waals surface area contributed by atoms with Crippen molar-refractivity contribution >= 4 is 39.7 Å². The summed E-state index contributed by atoms with van der Waals surface area (Å²) >= 11 is 0. The molecule has 1 aromatic rings. The van der Waals surface area contributed by atoms with Crippen molar-refractivity contribution in [2.24, 2.45) is 5.92 Å². The largest absolute Gasteiger partial charge is 0.326 e. The van der Waals surface area contributed by atoms with E-state index in [2.05, 4.69) is 15.4 Å². The first-order valence-corrected chi connectivity index (χ1v) is 9.25. The Hall–Kier alpha value is -1.31. The number of sulfonamides is 1. The summed E-state index contributed by atoms with van der Waals surface area (Å²) in [5, 5.41) is 6.14. The molecule has 0 radical (unpaired) electrons. The van der Waals surface area contributed by atoms with E-state index in [1.807, 2.05) is 0 Å². The predicted octanol–water partition coefficient (Wildman–Crippen LogP) is 2.20. The molecule has 6 nitrogen and oxygen atoms in total. The third-order valence-electron chi connectivity index (χ3n) is 3.75. The zero-order chi connectivity index (χ0) is 16.0. The maximum absolute atomic E-state index is 12.0. The molecule has 0 bridgehead atoms. The summed E-state index contributed by atoms with van der Waals surface area (Å²) in [5.74, 6) is 0.479. The second-order valence-corrected chi connectivity index (χ2v) is 7.54. The average Bonchev–Trinajstić information content (AvgIpc) is 2.50. The van der Waals surface area contributed by atoms with Crippen LogP contribution in [0.4, 0.5) is 11.4 Å². The van der Waals surface area contributed by atoms with Crippen molar-refractivity contribution in [2.45, 2.75) is 26.2 Å². The number of hydrogen-bond acceptors (Lipinski definition) is 4. The maximum atomic E-state index is 12.0. The van der Waals surface area contributed by atoms with Gasteiger partial charge in [0.25, 0.3) is 0 Å². The Balaban J connectivity index is 0.00000264. The Morgan fingerprint density at radius 3 is 2.30 bits per heavy atom. The summed E-state index contributed by atoms with van der Waals surface area (Å²) in [6.45, 7) is 3.53. The molecule has 1 amide bonds. The van der Waals surface area contributed by atoms with Gasteiger partial charge < -0.3 is 10.6 Å². The van der Waals surface area contributed by atoms with E-state index < -0.39 is 10.0 Å². The van der Waals surface area contributed by atoms with Crippen molar-refractivity contribution in [1.82, 2.24) is 5.32 Å². The topological polar surface area (TPSA) is 87.3 Å². The molecular formula is C15H24ClN3O3S. The van der Waals surface area contributed by atoms with Crippen LogP contribution in [0.5, 0.6) is 0 Å². The molecular weight excluding hydrogens is 338 g/mol. The van der Waals surface area contributed by atoms with Crippen LogP contribution in [-0.4, -0.2) is 33.2 Å². The number of piperidine rings is 1. The minimum absolute atomic E-state index is 0. The highest BCUT2D eigenvalue weighted by Gasteiger charge is 2.16. The number of halogens is 1. The summed E-state index contributed by atoms with van der Waals surface area (Å²) in [5.41, 5.74) is 1.18. The lowest BCUT2D eigenvalue weighted by molar-refractivity contribution is -0.117. The molecule has 1 heterocycles. The van der Waals surface area contributed by atoms with Gasteiger partial charge in [-0.1, -0.05) is 0 Å². The lowest BCUT2D eigenvalue weighted by Crippen LogP contribution is -2.30. The van der Waals surface area contributed by atoms with Gasteiger partial charge in [0.15, 0.2) is 0 Å². The fourth-order valence-corrected chi connectivity index (χ4v) is 3.07. The lowest BCUT2D eigenvalue weighted by atomic mass is 9.94. The molecule has 8 heteroatoms. The Kier molecular flexibility index (Phi) is 7.81. The van der Waals surface area contributed by atoms with Crippen LogP contribution in [0.15, 0.2) is 24.3 Å². The van der Waals surface area contributed by atoms with E-state index in [-0.39, 0.29) is 24.1 Å². The van der Waals surface area contributed by atoms with Gasteiger partial charge in [-0.05, 0) is 63.0 Å². The van der Waals surface area contributed by atoms with Gasteiger partial charge in [0.1, 0.15) is 0 Å². The summed E-state index contributed by atoms with van der Waals surface area (Å²) < 4.78 is 25.4. The minimum atomic E-state index is -3.27. The number of nitrogens with one attached hydrogen (secondary N) is 3. The molecule has 0 aromatic heterocycles. The number of carbonyl (C=O) groups excluding carboxylic acids is 1. The summed E-state index contributed by atoms with van der Waals surface area (Å²) in [4.78, 5) is 12.0. The normalized spacial score (nSPS) is 15.5. The molecule has 0 spiro atoms. The lowest BCUT2D eigenvalue weighted by Gasteiger charge is -2.21. The molecule has 0 saturated carbocycles. The Bertz CT molecular complexity index is 599. The quantitative estimate of drug-likeness (QED) is 0.724. The van der Waals surface area contributed by atoms with Gasteiger partial charge in [0, 0.05) is 17.8 Å². The monoisotopic (exact) mass is 361 g/mol. The standard InChI is InChI=1S/C15H23N3O3S.ClH/c1-2-22(20,21)18-14-5-3-13(4-6-14)17-15(19)11-12-7-9-16-10-8-12;/h3-6,12,16,18H,2,7-11H2,1H3,(H,17,19);1H. The van der Waals surface area contributed by atoms with Crippen molar-refractivity contribution in [2.75, 3.05) is 28.9 Å². The van der Waals surface area contributed by atoms with Gasteiger partial charge >= 0.3 is 0 Å². The molecule has 3 N–H and O–H groups in total. The van der Waals surface area contributed by atoms with Gasteiger partial charge in [-0.15, -0.1) is 12.4 Å². The Labute approximate surface area is 143 Å². The smallest absolute Gasteiger partial charge is 0.232 e. The number of benzene rings is 1. The number of anilines is 2. The van der Waals surface area contributed by atoms with E-state index >= 15 is 0 Å². The summed E-state index contributed by atoms with van der Waals surface area (Å²) in [6.07, 6.45) is 2.60. The van der Waals surface area contributed by atoms with Crippen molar-refractivity contribution < 1.29 is 13.2 Å². The first kappa shape index (κ1) is 19.7. The fourth-order valence-electron chi connectivity index (χ4n) is 2.43. The van der Waals surface area contributed by atoms with Crippen molar-refractivity contribution in [1.29, 1.82) is 0 Å². The van der Waals surface area contributed by atoms with Gasteiger partial charge in [-0.25, -0.2) is 8.42 Å². The Morgan fingerprint density at radius 1 is 1.17 bits per heavy atom. The van der Waals surface area contributed by atoms with Crippen LogP contribution in [0.1, 0.15) is 26.2 Å². The molecule has 0 unspecified atom stereocenters. The van der Waals surface area contributed by atoms with Crippen LogP contribution < -0.4 is 15.4 Å². The number of hydrogen-bond donors (Lipinski definition) is 3. The van der Waals surface area contributed by atoms with Gasteiger partial charge in [-0.2, -0.15) is 0 Å². The van der Waals surface area contributed by atoms with E-state index in [1.165, 1.54) is 0 Å². The van der Waals surface area contributed by atoms with Gasteiger partial charge in [0.2, 0.25) is 15.9 Å². The molecule has 1 aliphatic rings. The first-order chi connectivity index (χ1) is 10.5. The van der Waals surface area contributed by atoms with Gasteiger partial charge in [0.05, 0.1) is 5.75 Å². The molecule has 130 valence electrons. The highest BCUT2D eigenvalue weighted by molar-refractivity contribution is 7.92. The zero-order valence-corrected chi connectivity index (χ0v) is 14.8. The number of rotatable bonds is 6. The van der Waals surface area contributed by atoms with E-state index in [4.69, 9.17) is 0 Å². The summed E-state index contributed by atoms with van der Waals surface area (Å²) in [7, 11) is -3.27. The van der Waals surface area contributed by atoms with Crippen LogP contribution in [-0.2, 0) is 14.8 Å². The summed E-state index contributed by atoms with van der Waals surface area (Å²) in [6, 6.07) is 6.70. The third-order valence-corrected chi connectivity index (χ3v) is 5.06. The highest BCUT2D eigenvalue weighted by atomic mass is 35.5. The molecule has 1 aromatic carbocycles. The molecule has 0 atom stereocenters. The second-order valence-electron chi connectivity index (χ2n) is 5.53. The molecule has 1 saturated heterocycles. The number of amides is 1. The first-order valence-electron chi connectivity index (χ1n) is 7.59. The highest BCUT2D eigenvalue weighted by Crippen LogP contribution is 2.18. The van der Waals surface area contributed by atoms with Crippen LogP contribution in [0, 0.1) is 5.92 Å². The molecule has 0 aliphatic carbocycles. The van der Waals surface area contributed by atoms with Crippen LogP contribution in [0.3, 0.4) is 0 Å². The molecule has 23 heavy (non-hydrogen) atoms. The molecule has 2 rings (SSSR count). The SMILES string of the molecule is CCS(=O)(=O)Nc1ccc(NC(=O)CC2CCNCC2)cc1.Cl. The van der Waals surface area contributed by atoms with E-state index in [1.54, 1.807) is 31.2 Å².